The van der Waals surface area contributed by atoms with Crippen LogP contribution < -0.4 is 16.0 Å². The van der Waals surface area contributed by atoms with Gasteiger partial charge in [0.25, 0.3) is 5.91 Å². The number of carbonyl (C=O) groups is 2. The van der Waals surface area contributed by atoms with E-state index < -0.39 is 0 Å². The molecular formula is C25H25N3O3S. The van der Waals surface area contributed by atoms with Crippen molar-refractivity contribution in [2.75, 3.05) is 10.6 Å². The van der Waals surface area contributed by atoms with Gasteiger partial charge in [0.05, 0.1) is 6.26 Å². The van der Waals surface area contributed by atoms with Gasteiger partial charge in [-0.05, 0) is 71.7 Å². The van der Waals surface area contributed by atoms with Crippen molar-refractivity contribution >= 4 is 46.6 Å². The standard InChI is InChI=1S/C25H25N3O3S/c1-25(2,3)18-11-9-17(10-12-18)23(30)26-19-6-4-7-20(16-19)27-24(32)28-22(29)14-13-21-8-5-15-31-21/h4-16H,1-3H3,(H,26,30)(H2,27,28,29,32)/b14-13+. The Bertz CT molecular complexity index is 1130. The van der Waals surface area contributed by atoms with Gasteiger partial charge in [0.2, 0.25) is 5.91 Å². The van der Waals surface area contributed by atoms with E-state index in [-0.39, 0.29) is 22.3 Å². The van der Waals surface area contributed by atoms with Crippen molar-refractivity contribution in [2.24, 2.45) is 0 Å². The highest BCUT2D eigenvalue weighted by atomic mass is 32.1. The Hall–Kier alpha value is -3.71. The molecule has 0 aliphatic heterocycles. The van der Waals surface area contributed by atoms with E-state index in [0.29, 0.717) is 22.7 Å². The Morgan fingerprint density at radius 3 is 2.25 bits per heavy atom. The molecule has 6 nitrogen and oxygen atoms in total. The zero-order valence-corrected chi connectivity index (χ0v) is 19.0. The van der Waals surface area contributed by atoms with Crippen LogP contribution in [-0.4, -0.2) is 16.9 Å². The SMILES string of the molecule is CC(C)(C)c1ccc(C(=O)Nc2cccc(NC(=S)NC(=O)/C=C/c3ccco3)c2)cc1. The van der Waals surface area contributed by atoms with E-state index in [9.17, 15) is 9.59 Å². The summed E-state index contributed by atoms with van der Waals surface area (Å²) in [4.78, 5) is 24.6. The van der Waals surface area contributed by atoms with Crippen LogP contribution >= 0.6 is 12.2 Å². The van der Waals surface area contributed by atoms with Gasteiger partial charge in [0, 0.05) is 23.0 Å². The zero-order valence-electron chi connectivity index (χ0n) is 18.1. The molecule has 3 aromatic rings. The largest absolute Gasteiger partial charge is 0.465 e. The third-order valence-corrected chi connectivity index (χ3v) is 4.77. The summed E-state index contributed by atoms with van der Waals surface area (Å²) in [6.45, 7) is 6.38. The van der Waals surface area contributed by atoms with Crippen LogP contribution in [0, 0.1) is 0 Å². The van der Waals surface area contributed by atoms with Gasteiger partial charge in [0.1, 0.15) is 5.76 Å². The Kier molecular flexibility index (Phi) is 7.22. The maximum absolute atomic E-state index is 12.6. The first-order chi connectivity index (χ1) is 15.2. The van der Waals surface area contributed by atoms with Gasteiger partial charge in [-0.25, -0.2) is 0 Å². The third-order valence-electron chi connectivity index (χ3n) is 4.57. The van der Waals surface area contributed by atoms with E-state index in [0.717, 1.165) is 5.56 Å². The summed E-state index contributed by atoms with van der Waals surface area (Å²) in [5.41, 5.74) is 2.99. The van der Waals surface area contributed by atoms with Crippen molar-refractivity contribution in [1.82, 2.24) is 5.32 Å². The molecule has 0 fully saturated rings. The number of benzene rings is 2. The molecule has 0 aliphatic carbocycles. The summed E-state index contributed by atoms with van der Waals surface area (Å²) in [6, 6.07) is 18.1. The van der Waals surface area contributed by atoms with E-state index in [4.69, 9.17) is 16.6 Å². The number of hydrogen-bond acceptors (Lipinski definition) is 4. The number of thiocarbonyl (C=S) groups is 1. The Labute approximate surface area is 192 Å². The van der Waals surface area contributed by atoms with Gasteiger partial charge in [-0.15, -0.1) is 0 Å². The molecule has 32 heavy (non-hydrogen) atoms. The van der Waals surface area contributed by atoms with Crippen LogP contribution in [0.15, 0.2) is 77.4 Å². The quantitative estimate of drug-likeness (QED) is 0.362. The smallest absolute Gasteiger partial charge is 0.255 e. The van der Waals surface area contributed by atoms with Crippen LogP contribution in [0.25, 0.3) is 6.08 Å². The molecule has 0 radical (unpaired) electrons. The normalized spacial score (nSPS) is 11.2. The first-order valence-electron chi connectivity index (χ1n) is 10.1. The Balaban J connectivity index is 1.57. The molecule has 0 saturated heterocycles. The molecule has 0 atom stereocenters. The molecule has 3 N–H and O–H groups in total. The van der Waals surface area contributed by atoms with Crippen molar-refractivity contribution in [2.45, 2.75) is 26.2 Å². The van der Waals surface area contributed by atoms with Gasteiger partial charge < -0.3 is 15.1 Å². The van der Waals surface area contributed by atoms with Crippen LogP contribution in [0.2, 0.25) is 0 Å². The van der Waals surface area contributed by atoms with Crippen molar-refractivity contribution in [1.29, 1.82) is 0 Å². The number of nitrogens with one attached hydrogen (secondary N) is 3. The summed E-state index contributed by atoms with van der Waals surface area (Å²) in [5.74, 6) is -0.0286. The lowest BCUT2D eigenvalue weighted by atomic mass is 9.87. The van der Waals surface area contributed by atoms with Gasteiger partial charge in [0.15, 0.2) is 5.11 Å². The minimum Gasteiger partial charge on any atom is -0.465 e. The maximum atomic E-state index is 12.6. The fourth-order valence-corrected chi connectivity index (χ4v) is 3.08. The fraction of sp³-hybridized carbons (Fsp3) is 0.160. The molecule has 0 saturated carbocycles. The van der Waals surface area contributed by atoms with Gasteiger partial charge in [-0.3, -0.25) is 14.9 Å². The third kappa shape index (κ3) is 6.65. The lowest BCUT2D eigenvalue weighted by Gasteiger charge is -2.19. The Morgan fingerprint density at radius 2 is 1.62 bits per heavy atom. The van der Waals surface area contributed by atoms with Gasteiger partial charge in [-0.2, -0.15) is 0 Å². The van der Waals surface area contributed by atoms with Crippen molar-refractivity contribution in [3.05, 3.63) is 89.9 Å². The summed E-state index contributed by atoms with van der Waals surface area (Å²) in [7, 11) is 0. The lowest BCUT2D eigenvalue weighted by molar-refractivity contribution is -0.115. The van der Waals surface area contributed by atoms with Crippen LogP contribution in [-0.2, 0) is 10.2 Å². The molecule has 1 heterocycles. The van der Waals surface area contributed by atoms with Crippen LogP contribution in [0.4, 0.5) is 11.4 Å². The monoisotopic (exact) mass is 447 g/mol. The summed E-state index contributed by atoms with van der Waals surface area (Å²) >= 11 is 5.19. The fourth-order valence-electron chi connectivity index (χ4n) is 2.86. The highest BCUT2D eigenvalue weighted by molar-refractivity contribution is 7.80. The van der Waals surface area contributed by atoms with Crippen molar-refractivity contribution in [3.63, 3.8) is 0 Å². The molecule has 7 heteroatoms. The number of amides is 2. The molecular weight excluding hydrogens is 422 g/mol. The first kappa shape index (κ1) is 23.0. The minimum atomic E-state index is -0.387. The van der Waals surface area contributed by atoms with E-state index >= 15 is 0 Å². The topological polar surface area (TPSA) is 83.4 Å². The molecule has 164 valence electrons. The van der Waals surface area contributed by atoms with Crippen LogP contribution in [0.5, 0.6) is 0 Å². The molecule has 3 rings (SSSR count). The number of rotatable bonds is 5. The number of anilines is 2. The number of furan rings is 1. The minimum absolute atomic E-state index is 0.0252. The molecule has 2 aromatic carbocycles. The van der Waals surface area contributed by atoms with Crippen LogP contribution in [0.3, 0.4) is 0 Å². The molecule has 0 unspecified atom stereocenters. The summed E-state index contributed by atoms with van der Waals surface area (Å²) in [5, 5.41) is 8.51. The second-order valence-corrected chi connectivity index (χ2v) is 8.56. The number of hydrogen-bond donors (Lipinski definition) is 3. The highest BCUT2D eigenvalue weighted by Gasteiger charge is 2.14. The highest BCUT2D eigenvalue weighted by Crippen LogP contribution is 2.23. The zero-order chi connectivity index (χ0) is 23.1. The van der Waals surface area contributed by atoms with Gasteiger partial charge >= 0.3 is 0 Å². The molecule has 0 aliphatic rings. The molecule has 0 spiro atoms. The lowest BCUT2D eigenvalue weighted by Crippen LogP contribution is -2.32. The first-order valence-corrected chi connectivity index (χ1v) is 10.5. The van der Waals surface area contributed by atoms with Crippen molar-refractivity contribution in [3.8, 4) is 0 Å². The van der Waals surface area contributed by atoms with E-state index in [1.807, 2.05) is 24.3 Å². The van der Waals surface area contributed by atoms with Crippen LogP contribution in [0.1, 0.15) is 42.5 Å². The summed E-state index contributed by atoms with van der Waals surface area (Å²) < 4.78 is 5.13. The number of carbonyl (C=O) groups excluding carboxylic acids is 2. The molecule has 1 aromatic heterocycles. The Morgan fingerprint density at radius 1 is 0.938 bits per heavy atom. The van der Waals surface area contributed by atoms with Gasteiger partial charge in [-0.1, -0.05) is 39.0 Å². The van der Waals surface area contributed by atoms with E-state index in [2.05, 4.69) is 36.7 Å². The second kappa shape index (κ2) is 10.1. The predicted molar refractivity (Wildman–Crippen MR) is 132 cm³/mol. The van der Waals surface area contributed by atoms with Crippen molar-refractivity contribution < 1.29 is 14.0 Å². The van der Waals surface area contributed by atoms with E-state index in [1.54, 1.807) is 42.5 Å². The second-order valence-electron chi connectivity index (χ2n) is 8.15. The summed E-state index contributed by atoms with van der Waals surface area (Å²) in [6.07, 6.45) is 4.40. The maximum Gasteiger partial charge on any atom is 0.255 e. The average molecular weight is 448 g/mol. The molecule has 2 amide bonds. The predicted octanol–water partition coefficient (Wildman–Crippen LogP) is 5.36. The average Bonchev–Trinajstić information content (AvgIpc) is 3.25. The molecule has 0 bridgehead atoms. The van der Waals surface area contributed by atoms with E-state index in [1.165, 1.54) is 12.3 Å².